The number of hydrogen-bond acceptors (Lipinski definition) is 4. The molecule has 1 unspecified atom stereocenters. The number of carbonyl (C=O) groups excluding carboxylic acids is 2. The Morgan fingerprint density at radius 1 is 1.35 bits per heavy atom. The molecule has 1 saturated heterocycles. The molecule has 2 heterocycles. The molecule has 0 spiro atoms. The quantitative estimate of drug-likeness (QED) is 0.941. The zero-order chi connectivity index (χ0) is 16.6. The van der Waals surface area contributed by atoms with Gasteiger partial charge in [-0.25, -0.2) is 4.98 Å². The summed E-state index contributed by atoms with van der Waals surface area (Å²) < 4.78 is 0. The second-order valence-corrected chi connectivity index (χ2v) is 6.84. The first-order valence-electron chi connectivity index (χ1n) is 7.54. The number of benzene rings is 1. The third-order valence-corrected chi connectivity index (χ3v) is 4.86. The lowest BCUT2D eigenvalue weighted by Gasteiger charge is -2.19. The topological polar surface area (TPSA) is 62.3 Å². The Morgan fingerprint density at radius 3 is 2.78 bits per heavy atom. The molecule has 1 atom stereocenters. The molecule has 23 heavy (non-hydrogen) atoms. The van der Waals surface area contributed by atoms with Crippen molar-refractivity contribution in [1.29, 1.82) is 0 Å². The summed E-state index contributed by atoms with van der Waals surface area (Å²) >= 11 is 1.40. The van der Waals surface area contributed by atoms with Crippen LogP contribution in [0.1, 0.15) is 23.2 Å². The summed E-state index contributed by atoms with van der Waals surface area (Å²) in [5.41, 5.74) is 3.98. The zero-order valence-corrected chi connectivity index (χ0v) is 14.2. The predicted molar refractivity (Wildman–Crippen MR) is 91.9 cm³/mol. The maximum atomic E-state index is 12.4. The molecule has 1 fully saturated rings. The number of nitrogens with one attached hydrogen (secondary N) is 1. The Balaban J connectivity index is 1.73. The van der Waals surface area contributed by atoms with Crippen LogP contribution < -0.4 is 10.2 Å². The van der Waals surface area contributed by atoms with Gasteiger partial charge in [-0.15, -0.1) is 11.3 Å². The SMILES string of the molecule is Cc1ccc(N2CC(C(=O)Nc3nc(C)cs3)CC2=O)c(C)c1. The Kier molecular flexibility index (Phi) is 4.17. The highest BCUT2D eigenvalue weighted by molar-refractivity contribution is 7.13. The molecule has 1 aliphatic rings. The van der Waals surface area contributed by atoms with E-state index >= 15 is 0 Å². The molecule has 0 radical (unpaired) electrons. The van der Waals surface area contributed by atoms with Gasteiger partial charge in [0.25, 0.3) is 0 Å². The van der Waals surface area contributed by atoms with Crippen LogP contribution in [0.3, 0.4) is 0 Å². The molecule has 1 aliphatic heterocycles. The van der Waals surface area contributed by atoms with Crippen LogP contribution in [0.4, 0.5) is 10.8 Å². The summed E-state index contributed by atoms with van der Waals surface area (Å²) in [5, 5.41) is 5.28. The molecular formula is C17H19N3O2S. The van der Waals surface area contributed by atoms with E-state index in [1.165, 1.54) is 11.3 Å². The molecule has 3 rings (SSSR count). The standard InChI is InChI=1S/C17H19N3O2S/c1-10-4-5-14(11(2)6-10)20-8-13(7-15(20)21)16(22)19-17-18-12(3)9-23-17/h4-6,9,13H,7-8H2,1-3H3,(H,18,19,22). The second kappa shape index (κ2) is 6.12. The fourth-order valence-electron chi connectivity index (χ4n) is 2.84. The molecule has 5 nitrogen and oxygen atoms in total. The average molecular weight is 329 g/mol. The number of hydrogen-bond donors (Lipinski definition) is 1. The van der Waals surface area contributed by atoms with Crippen molar-refractivity contribution in [2.75, 3.05) is 16.8 Å². The minimum absolute atomic E-state index is 0.00702. The number of anilines is 2. The molecule has 6 heteroatoms. The van der Waals surface area contributed by atoms with Gasteiger partial charge in [-0.05, 0) is 32.4 Å². The van der Waals surface area contributed by atoms with E-state index in [0.29, 0.717) is 11.7 Å². The molecule has 0 saturated carbocycles. The largest absolute Gasteiger partial charge is 0.311 e. The normalized spacial score (nSPS) is 17.6. The second-order valence-electron chi connectivity index (χ2n) is 5.98. The molecule has 1 aromatic heterocycles. The van der Waals surface area contributed by atoms with Crippen molar-refractivity contribution in [3.63, 3.8) is 0 Å². The lowest BCUT2D eigenvalue weighted by atomic mass is 10.1. The number of amides is 2. The number of carbonyl (C=O) groups is 2. The van der Waals surface area contributed by atoms with Gasteiger partial charge < -0.3 is 10.2 Å². The molecule has 1 aromatic carbocycles. The highest BCUT2D eigenvalue weighted by Gasteiger charge is 2.35. The van der Waals surface area contributed by atoms with E-state index in [9.17, 15) is 9.59 Å². The first-order valence-corrected chi connectivity index (χ1v) is 8.42. The summed E-state index contributed by atoms with van der Waals surface area (Å²) in [4.78, 5) is 30.6. The highest BCUT2D eigenvalue weighted by Crippen LogP contribution is 2.29. The van der Waals surface area contributed by atoms with Gasteiger partial charge in [0.15, 0.2) is 5.13 Å². The predicted octanol–water partition coefficient (Wildman–Crippen LogP) is 3.06. The van der Waals surface area contributed by atoms with Crippen molar-refractivity contribution in [3.8, 4) is 0 Å². The molecule has 120 valence electrons. The summed E-state index contributed by atoms with van der Waals surface area (Å²) in [6.45, 7) is 6.31. The number of aryl methyl sites for hydroxylation is 3. The first-order chi connectivity index (χ1) is 10.9. The number of rotatable bonds is 3. The highest BCUT2D eigenvalue weighted by atomic mass is 32.1. The van der Waals surface area contributed by atoms with E-state index in [0.717, 1.165) is 22.5 Å². The summed E-state index contributed by atoms with van der Waals surface area (Å²) in [5.74, 6) is -0.486. The molecule has 0 bridgehead atoms. The van der Waals surface area contributed by atoms with Crippen LogP contribution in [0, 0.1) is 26.7 Å². The maximum Gasteiger partial charge on any atom is 0.231 e. The van der Waals surface area contributed by atoms with E-state index in [4.69, 9.17) is 0 Å². The van der Waals surface area contributed by atoms with Crippen LogP contribution in [-0.2, 0) is 9.59 Å². The van der Waals surface area contributed by atoms with E-state index in [1.807, 2.05) is 44.4 Å². The van der Waals surface area contributed by atoms with Gasteiger partial charge in [0, 0.05) is 24.0 Å². The number of aromatic nitrogens is 1. The fourth-order valence-corrected chi connectivity index (χ4v) is 3.53. The molecule has 1 N–H and O–H groups in total. The van der Waals surface area contributed by atoms with Crippen LogP contribution in [0.15, 0.2) is 23.6 Å². The van der Waals surface area contributed by atoms with Crippen molar-refractivity contribution in [2.24, 2.45) is 5.92 Å². The fraction of sp³-hybridized carbons (Fsp3) is 0.353. The summed E-state index contributed by atoms with van der Waals surface area (Å²) in [6, 6.07) is 5.99. The monoisotopic (exact) mass is 329 g/mol. The van der Waals surface area contributed by atoms with Crippen molar-refractivity contribution >= 4 is 34.0 Å². The van der Waals surface area contributed by atoms with Crippen LogP contribution in [-0.4, -0.2) is 23.3 Å². The van der Waals surface area contributed by atoms with Gasteiger partial charge in [0.1, 0.15) is 0 Å². The Bertz CT molecular complexity index is 769. The van der Waals surface area contributed by atoms with Gasteiger partial charge in [-0.1, -0.05) is 17.7 Å². The van der Waals surface area contributed by atoms with Crippen molar-refractivity contribution in [3.05, 3.63) is 40.4 Å². The van der Waals surface area contributed by atoms with Crippen LogP contribution in [0.25, 0.3) is 0 Å². The van der Waals surface area contributed by atoms with Gasteiger partial charge in [0.05, 0.1) is 11.6 Å². The smallest absolute Gasteiger partial charge is 0.231 e. The van der Waals surface area contributed by atoms with E-state index in [-0.39, 0.29) is 24.2 Å². The van der Waals surface area contributed by atoms with Crippen molar-refractivity contribution < 1.29 is 9.59 Å². The Morgan fingerprint density at radius 2 is 2.13 bits per heavy atom. The van der Waals surface area contributed by atoms with E-state index in [2.05, 4.69) is 10.3 Å². The van der Waals surface area contributed by atoms with Crippen LogP contribution >= 0.6 is 11.3 Å². The van der Waals surface area contributed by atoms with E-state index < -0.39 is 0 Å². The lowest BCUT2D eigenvalue weighted by Crippen LogP contribution is -2.28. The average Bonchev–Trinajstić information content (AvgIpc) is 3.05. The van der Waals surface area contributed by atoms with Gasteiger partial charge in [-0.3, -0.25) is 9.59 Å². The first kappa shape index (κ1) is 15.7. The van der Waals surface area contributed by atoms with Gasteiger partial charge in [-0.2, -0.15) is 0 Å². The Labute approximate surface area is 139 Å². The van der Waals surface area contributed by atoms with Gasteiger partial charge in [0.2, 0.25) is 11.8 Å². The molecule has 0 aliphatic carbocycles. The third kappa shape index (κ3) is 3.27. The molecular weight excluding hydrogens is 310 g/mol. The molecule has 2 aromatic rings. The Hall–Kier alpha value is -2.21. The number of nitrogens with zero attached hydrogens (tertiary/aromatic N) is 2. The molecule has 2 amide bonds. The maximum absolute atomic E-state index is 12.4. The van der Waals surface area contributed by atoms with Crippen LogP contribution in [0.5, 0.6) is 0 Å². The van der Waals surface area contributed by atoms with E-state index in [1.54, 1.807) is 4.90 Å². The zero-order valence-electron chi connectivity index (χ0n) is 13.4. The lowest BCUT2D eigenvalue weighted by molar-refractivity contribution is -0.122. The third-order valence-electron chi connectivity index (χ3n) is 3.99. The minimum atomic E-state index is -0.340. The number of thiazole rings is 1. The van der Waals surface area contributed by atoms with Crippen molar-refractivity contribution in [2.45, 2.75) is 27.2 Å². The van der Waals surface area contributed by atoms with Crippen molar-refractivity contribution in [1.82, 2.24) is 4.98 Å². The van der Waals surface area contributed by atoms with Gasteiger partial charge >= 0.3 is 0 Å². The minimum Gasteiger partial charge on any atom is -0.311 e. The summed E-state index contributed by atoms with van der Waals surface area (Å²) in [6.07, 6.45) is 0.240. The van der Waals surface area contributed by atoms with Crippen LogP contribution in [0.2, 0.25) is 0 Å². The summed E-state index contributed by atoms with van der Waals surface area (Å²) in [7, 11) is 0.